The second-order valence-corrected chi connectivity index (χ2v) is 7.57. The van der Waals surface area contributed by atoms with Crippen LogP contribution in [0.1, 0.15) is 32.1 Å². The van der Waals surface area contributed by atoms with Crippen molar-refractivity contribution in [3.05, 3.63) is 76.2 Å². The highest BCUT2D eigenvalue weighted by molar-refractivity contribution is 7.19. The molecule has 0 aliphatic rings. The van der Waals surface area contributed by atoms with E-state index in [0.717, 1.165) is 31.9 Å². The number of phenols is 1. The van der Waals surface area contributed by atoms with E-state index >= 15 is 0 Å². The van der Waals surface area contributed by atoms with Crippen LogP contribution in [0.4, 0.5) is 0 Å². The number of aromatic hydroxyl groups is 1. The van der Waals surface area contributed by atoms with Gasteiger partial charge in [0.1, 0.15) is 17.1 Å². The molecule has 2 heterocycles. The fourth-order valence-electron chi connectivity index (χ4n) is 2.89. The SMILES string of the molecule is Cc1cc(/C=C/c2nc3ccc(C(=O)Oc4ccncn4)cc3s2)cc(C)c1O. The molecule has 0 unspecified atom stereocenters. The Morgan fingerprint density at radius 1 is 1.10 bits per heavy atom. The minimum Gasteiger partial charge on any atom is -0.507 e. The van der Waals surface area contributed by atoms with Gasteiger partial charge in [-0.2, -0.15) is 0 Å². The van der Waals surface area contributed by atoms with Crippen LogP contribution < -0.4 is 4.74 Å². The number of benzene rings is 2. The van der Waals surface area contributed by atoms with Crippen LogP contribution in [-0.2, 0) is 0 Å². The van der Waals surface area contributed by atoms with Gasteiger partial charge in [0.05, 0.1) is 15.8 Å². The number of rotatable bonds is 4. The van der Waals surface area contributed by atoms with E-state index in [1.807, 2.05) is 38.1 Å². The van der Waals surface area contributed by atoms with Crippen molar-refractivity contribution in [2.24, 2.45) is 0 Å². The number of phenolic OH excluding ortho intramolecular Hbond substituents is 1. The van der Waals surface area contributed by atoms with Crippen LogP contribution >= 0.6 is 11.3 Å². The summed E-state index contributed by atoms with van der Waals surface area (Å²) in [6, 6.07) is 10.6. The van der Waals surface area contributed by atoms with Gasteiger partial charge in [0.25, 0.3) is 0 Å². The highest BCUT2D eigenvalue weighted by Crippen LogP contribution is 2.27. The molecule has 2 aromatic carbocycles. The van der Waals surface area contributed by atoms with Gasteiger partial charge in [-0.05, 0) is 66.9 Å². The predicted octanol–water partition coefficient (Wildman–Crippen LogP) is 4.80. The summed E-state index contributed by atoms with van der Waals surface area (Å²) < 4.78 is 6.14. The summed E-state index contributed by atoms with van der Waals surface area (Å²) in [4.78, 5) is 24.6. The maximum absolute atomic E-state index is 12.3. The summed E-state index contributed by atoms with van der Waals surface area (Å²) in [7, 11) is 0. The lowest BCUT2D eigenvalue weighted by atomic mass is 10.1. The molecule has 1 N–H and O–H groups in total. The second-order valence-electron chi connectivity index (χ2n) is 6.51. The van der Waals surface area contributed by atoms with E-state index in [1.165, 1.54) is 29.9 Å². The normalized spacial score (nSPS) is 11.2. The number of aromatic nitrogens is 3. The number of carbonyl (C=O) groups is 1. The van der Waals surface area contributed by atoms with E-state index in [-0.39, 0.29) is 5.88 Å². The topological polar surface area (TPSA) is 85.2 Å². The van der Waals surface area contributed by atoms with Crippen LogP contribution in [0, 0.1) is 13.8 Å². The van der Waals surface area contributed by atoms with Crippen molar-refractivity contribution in [3.63, 3.8) is 0 Å². The number of thiazole rings is 1. The van der Waals surface area contributed by atoms with E-state index in [9.17, 15) is 9.90 Å². The largest absolute Gasteiger partial charge is 0.507 e. The van der Waals surface area contributed by atoms with Crippen molar-refractivity contribution in [1.82, 2.24) is 15.0 Å². The average Bonchev–Trinajstić information content (AvgIpc) is 3.13. The predicted molar refractivity (Wildman–Crippen MR) is 113 cm³/mol. The molecule has 0 atom stereocenters. The fourth-order valence-corrected chi connectivity index (χ4v) is 3.80. The molecule has 4 aromatic rings. The summed E-state index contributed by atoms with van der Waals surface area (Å²) in [6.07, 6.45) is 6.72. The summed E-state index contributed by atoms with van der Waals surface area (Å²) in [5, 5.41) is 10.7. The molecule has 0 amide bonds. The van der Waals surface area contributed by atoms with Crippen molar-refractivity contribution in [3.8, 4) is 11.6 Å². The monoisotopic (exact) mass is 403 g/mol. The standard InChI is InChI=1S/C22H17N3O3S/c1-13-9-15(10-14(2)21(13)26)3-6-20-25-17-5-4-16(11-18(17)29-20)22(27)28-19-7-8-23-12-24-19/h3-12,26H,1-2H3/b6-3+. The van der Waals surface area contributed by atoms with Gasteiger partial charge in [0, 0.05) is 12.3 Å². The number of hydrogen-bond donors (Lipinski definition) is 1. The zero-order chi connectivity index (χ0) is 20.4. The van der Waals surface area contributed by atoms with Crippen molar-refractivity contribution in [2.75, 3.05) is 0 Å². The molecule has 7 heteroatoms. The van der Waals surface area contributed by atoms with Crippen LogP contribution in [0.25, 0.3) is 22.4 Å². The third kappa shape index (κ3) is 4.14. The van der Waals surface area contributed by atoms with Crippen LogP contribution in [0.15, 0.2) is 48.9 Å². The first-order chi connectivity index (χ1) is 14.0. The molecule has 29 heavy (non-hydrogen) atoms. The summed E-state index contributed by atoms with van der Waals surface area (Å²) in [5.74, 6) is 0.0483. The summed E-state index contributed by atoms with van der Waals surface area (Å²) in [5.41, 5.74) is 3.90. The highest BCUT2D eigenvalue weighted by atomic mass is 32.1. The Morgan fingerprint density at radius 2 is 1.90 bits per heavy atom. The van der Waals surface area contributed by atoms with Gasteiger partial charge in [-0.15, -0.1) is 11.3 Å². The molecule has 0 bridgehead atoms. The third-order valence-corrected chi connectivity index (χ3v) is 5.31. The van der Waals surface area contributed by atoms with Gasteiger partial charge in [0.2, 0.25) is 5.88 Å². The van der Waals surface area contributed by atoms with Crippen LogP contribution in [0.2, 0.25) is 0 Å². The van der Waals surface area contributed by atoms with E-state index < -0.39 is 5.97 Å². The number of hydrogen-bond acceptors (Lipinski definition) is 7. The minimum absolute atomic E-state index is 0.206. The quantitative estimate of drug-likeness (QED) is 0.493. The van der Waals surface area contributed by atoms with Gasteiger partial charge in [0.15, 0.2) is 0 Å². The number of esters is 1. The molecule has 2 aromatic heterocycles. The van der Waals surface area contributed by atoms with Crippen LogP contribution in [0.3, 0.4) is 0 Å². The number of nitrogens with zero attached hydrogens (tertiary/aromatic N) is 3. The van der Waals surface area contributed by atoms with E-state index in [1.54, 1.807) is 18.2 Å². The van der Waals surface area contributed by atoms with E-state index in [0.29, 0.717) is 11.3 Å². The Labute approximate surface area is 171 Å². The fraction of sp³-hybridized carbons (Fsp3) is 0.0909. The van der Waals surface area contributed by atoms with Gasteiger partial charge < -0.3 is 9.84 Å². The lowest BCUT2D eigenvalue weighted by Gasteiger charge is -2.04. The molecule has 0 radical (unpaired) electrons. The molecule has 0 aliphatic heterocycles. The smallest absolute Gasteiger partial charge is 0.344 e. The Hall–Kier alpha value is -3.58. The van der Waals surface area contributed by atoms with Gasteiger partial charge >= 0.3 is 5.97 Å². The van der Waals surface area contributed by atoms with E-state index in [4.69, 9.17) is 4.74 Å². The molecule has 0 fully saturated rings. The molecule has 4 rings (SSSR count). The first kappa shape index (κ1) is 18.8. The van der Waals surface area contributed by atoms with Gasteiger partial charge in [-0.25, -0.2) is 19.7 Å². The van der Waals surface area contributed by atoms with Crippen LogP contribution in [-0.4, -0.2) is 26.0 Å². The van der Waals surface area contributed by atoms with E-state index in [2.05, 4.69) is 15.0 Å². The summed E-state index contributed by atoms with van der Waals surface area (Å²) >= 11 is 1.49. The molecule has 144 valence electrons. The van der Waals surface area contributed by atoms with Crippen LogP contribution in [0.5, 0.6) is 11.6 Å². The van der Waals surface area contributed by atoms with Crippen molar-refractivity contribution in [1.29, 1.82) is 0 Å². The second kappa shape index (κ2) is 7.81. The highest BCUT2D eigenvalue weighted by Gasteiger charge is 2.12. The zero-order valence-corrected chi connectivity index (χ0v) is 16.6. The number of carbonyl (C=O) groups excluding carboxylic acids is 1. The van der Waals surface area contributed by atoms with Gasteiger partial charge in [-0.3, -0.25) is 0 Å². The maximum atomic E-state index is 12.3. The molecule has 0 saturated carbocycles. The molecule has 0 aliphatic carbocycles. The third-order valence-electron chi connectivity index (χ3n) is 4.32. The number of ether oxygens (including phenoxy) is 1. The van der Waals surface area contributed by atoms with Crippen molar-refractivity contribution >= 4 is 39.7 Å². The zero-order valence-electron chi connectivity index (χ0n) is 15.8. The first-order valence-corrected chi connectivity index (χ1v) is 9.68. The molecule has 0 spiro atoms. The van der Waals surface area contributed by atoms with Crippen molar-refractivity contribution in [2.45, 2.75) is 13.8 Å². The lowest BCUT2D eigenvalue weighted by molar-refractivity contribution is 0.0727. The van der Waals surface area contributed by atoms with Crippen molar-refractivity contribution < 1.29 is 14.6 Å². The number of aryl methyl sites for hydroxylation is 2. The maximum Gasteiger partial charge on any atom is 0.344 e. The molecular weight excluding hydrogens is 386 g/mol. The summed E-state index contributed by atoms with van der Waals surface area (Å²) in [6.45, 7) is 3.75. The minimum atomic E-state index is -0.480. The Kier molecular flexibility index (Phi) is 5.05. The average molecular weight is 403 g/mol. The molecule has 6 nitrogen and oxygen atoms in total. The first-order valence-electron chi connectivity index (χ1n) is 8.87. The molecule has 0 saturated heterocycles. The number of fused-ring (bicyclic) bond motifs is 1. The Bertz CT molecular complexity index is 1210. The Morgan fingerprint density at radius 3 is 2.62 bits per heavy atom. The van der Waals surface area contributed by atoms with Gasteiger partial charge in [-0.1, -0.05) is 6.08 Å². The molecular formula is C22H17N3O3S. The lowest BCUT2D eigenvalue weighted by Crippen LogP contribution is -2.09. The Balaban J connectivity index is 1.56.